The molecule has 4 aromatic rings. The lowest BCUT2D eigenvalue weighted by atomic mass is 10.0. The van der Waals surface area contributed by atoms with E-state index >= 15 is 0 Å². The Bertz CT molecular complexity index is 983. The van der Waals surface area contributed by atoms with E-state index in [-0.39, 0.29) is 0 Å². The molecule has 4 rings (SSSR count). The molecule has 0 aliphatic rings. The molecule has 0 aliphatic carbocycles. The molecule has 2 nitrogen and oxygen atoms in total. The summed E-state index contributed by atoms with van der Waals surface area (Å²) < 4.78 is 0. The number of benzene rings is 2. The van der Waals surface area contributed by atoms with Gasteiger partial charge in [-0.05, 0) is 38.1 Å². The number of aromatic nitrogens is 2. The highest BCUT2D eigenvalue weighted by Gasteiger charge is 2.06. The summed E-state index contributed by atoms with van der Waals surface area (Å²) >= 11 is 0. The molecule has 0 unspecified atom stereocenters. The third kappa shape index (κ3) is 2.13. The zero-order chi connectivity index (χ0) is 15.1. The highest BCUT2D eigenvalue weighted by Crippen LogP contribution is 2.26. The zero-order valence-corrected chi connectivity index (χ0v) is 12.7. The number of nitrogens with zero attached hydrogens (tertiary/aromatic N) is 2. The normalized spacial score (nSPS) is 11.2. The first-order valence-corrected chi connectivity index (χ1v) is 7.44. The van der Waals surface area contributed by atoms with Crippen LogP contribution in [-0.2, 0) is 0 Å². The second-order valence-corrected chi connectivity index (χ2v) is 5.79. The minimum Gasteiger partial charge on any atom is -0.254 e. The standard InChI is InChI=1S/C20H16N2/c1-13-10-14(2)12-17(11-13)18-8-7-16-6-5-15-4-3-9-21-19(15)20(16)22-18/h3-12H,1-2H3. The lowest BCUT2D eigenvalue weighted by molar-refractivity contribution is 1.34. The average molecular weight is 284 g/mol. The van der Waals surface area contributed by atoms with Gasteiger partial charge in [0.15, 0.2) is 0 Å². The molecule has 2 heteroatoms. The van der Waals surface area contributed by atoms with Crippen LogP contribution in [0.5, 0.6) is 0 Å². The van der Waals surface area contributed by atoms with E-state index in [4.69, 9.17) is 4.98 Å². The monoisotopic (exact) mass is 284 g/mol. The third-order valence-electron chi connectivity index (χ3n) is 3.95. The van der Waals surface area contributed by atoms with Crippen molar-refractivity contribution in [1.29, 1.82) is 0 Å². The van der Waals surface area contributed by atoms with Gasteiger partial charge < -0.3 is 0 Å². The van der Waals surface area contributed by atoms with Crippen molar-refractivity contribution in [1.82, 2.24) is 9.97 Å². The topological polar surface area (TPSA) is 25.8 Å². The van der Waals surface area contributed by atoms with Crippen molar-refractivity contribution in [2.24, 2.45) is 0 Å². The molecular formula is C20H16N2. The van der Waals surface area contributed by atoms with Crippen molar-refractivity contribution in [3.8, 4) is 11.3 Å². The first kappa shape index (κ1) is 13.0. The van der Waals surface area contributed by atoms with E-state index in [1.165, 1.54) is 11.1 Å². The molecule has 0 spiro atoms. The Morgan fingerprint density at radius 2 is 1.41 bits per heavy atom. The quantitative estimate of drug-likeness (QED) is 0.456. The third-order valence-corrected chi connectivity index (χ3v) is 3.95. The van der Waals surface area contributed by atoms with Crippen LogP contribution in [0.2, 0.25) is 0 Å². The highest BCUT2D eigenvalue weighted by atomic mass is 14.7. The maximum absolute atomic E-state index is 4.89. The van der Waals surface area contributed by atoms with Gasteiger partial charge in [-0.2, -0.15) is 0 Å². The molecule has 0 amide bonds. The Morgan fingerprint density at radius 1 is 0.727 bits per heavy atom. The van der Waals surface area contributed by atoms with E-state index in [1.54, 1.807) is 0 Å². The van der Waals surface area contributed by atoms with Gasteiger partial charge in [-0.25, -0.2) is 4.98 Å². The number of hydrogen-bond donors (Lipinski definition) is 0. The summed E-state index contributed by atoms with van der Waals surface area (Å²) in [5.74, 6) is 0. The molecule has 0 atom stereocenters. The predicted molar refractivity (Wildman–Crippen MR) is 92.0 cm³/mol. The van der Waals surface area contributed by atoms with Crippen LogP contribution in [0.4, 0.5) is 0 Å². The van der Waals surface area contributed by atoms with E-state index in [0.29, 0.717) is 0 Å². The highest BCUT2D eigenvalue weighted by molar-refractivity contribution is 6.03. The molecule has 22 heavy (non-hydrogen) atoms. The Kier molecular flexibility index (Phi) is 2.90. The number of rotatable bonds is 1. The summed E-state index contributed by atoms with van der Waals surface area (Å²) in [4.78, 5) is 9.41. The van der Waals surface area contributed by atoms with Gasteiger partial charge in [0.2, 0.25) is 0 Å². The van der Waals surface area contributed by atoms with Gasteiger partial charge in [-0.3, -0.25) is 4.98 Å². The molecule has 0 aliphatic heterocycles. The largest absolute Gasteiger partial charge is 0.254 e. The average Bonchev–Trinajstić information content (AvgIpc) is 2.53. The van der Waals surface area contributed by atoms with Crippen LogP contribution in [0.15, 0.2) is 60.8 Å². The minimum atomic E-state index is 0.964. The van der Waals surface area contributed by atoms with E-state index in [9.17, 15) is 0 Å². The number of aryl methyl sites for hydroxylation is 2. The molecule has 2 aromatic heterocycles. The van der Waals surface area contributed by atoms with Gasteiger partial charge in [-0.1, -0.05) is 41.5 Å². The van der Waals surface area contributed by atoms with Crippen LogP contribution >= 0.6 is 0 Å². The van der Waals surface area contributed by atoms with Crippen molar-refractivity contribution >= 4 is 21.8 Å². The molecule has 2 heterocycles. The molecule has 0 saturated carbocycles. The molecule has 0 N–H and O–H groups in total. The van der Waals surface area contributed by atoms with Crippen LogP contribution in [0.25, 0.3) is 33.1 Å². The fourth-order valence-corrected chi connectivity index (χ4v) is 3.01. The Hall–Kier alpha value is -2.74. The van der Waals surface area contributed by atoms with Crippen molar-refractivity contribution in [2.45, 2.75) is 13.8 Å². The van der Waals surface area contributed by atoms with Crippen molar-refractivity contribution < 1.29 is 0 Å². The smallest absolute Gasteiger partial charge is 0.0972 e. The second-order valence-electron chi connectivity index (χ2n) is 5.79. The first-order chi connectivity index (χ1) is 10.7. The van der Waals surface area contributed by atoms with Gasteiger partial charge in [0, 0.05) is 22.5 Å². The summed E-state index contributed by atoms with van der Waals surface area (Å²) in [6.45, 7) is 4.24. The molecule has 0 saturated heterocycles. The molecule has 0 bridgehead atoms. The maximum Gasteiger partial charge on any atom is 0.0972 e. The van der Waals surface area contributed by atoms with E-state index in [1.807, 2.05) is 12.3 Å². The lowest BCUT2D eigenvalue weighted by Crippen LogP contribution is -1.89. The first-order valence-electron chi connectivity index (χ1n) is 7.44. The second kappa shape index (κ2) is 4.92. The van der Waals surface area contributed by atoms with Gasteiger partial charge in [0.25, 0.3) is 0 Å². The van der Waals surface area contributed by atoms with Gasteiger partial charge >= 0.3 is 0 Å². The minimum absolute atomic E-state index is 0.964. The summed E-state index contributed by atoms with van der Waals surface area (Å²) in [6.07, 6.45) is 1.83. The van der Waals surface area contributed by atoms with Crippen molar-refractivity contribution in [2.75, 3.05) is 0 Å². The summed E-state index contributed by atoms with van der Waals surface area (Å²) in [5.41, 5.74) is 6.60. The fraction of sp³-hybridized carbons (Fsp3) is 0.100. The summed E-state index contributed by atoms with van der Waals surface area (Å²) in [5, 5.41) is 2.25. The van der Waals surface area contributed by atoms with Gasteiger partial charge in [-0.15, -0.1) is 0 Å². The molecule has 106 valence electrons. The maximum atomic E-state index is 4.89. The Morgan fingerprint density at radius 3 is 2.18 bits per heavy atom. The van der Waals surface area contributed by atoms with Crippen molar-refractivity contribution in [3.63, 3.8) is 0 Å². The summed E-state index contributed by atoms with van der Waals surface area (Å²) in [6, 6.07) is 19.0. The van der Waals surface area contributed by atoms with Crippen molar-refractivity contribution in [3.05, 3.63) is 71.9 Å². The van der Waals surface area contributed by atoms with Crippen LogP contribution in [-0.4, -0.2) is 9.97 Å². The summed E-state index contributed by atoms with van der Waals surface area (Å²) in [7, 11) is 0. The van der Waals surface area contributed by atoms with Crippen LogP contribution in [0.1, 0.15) is 11.1 Å². The SMILES string of the molecule is Cc1cc(C)cc(-c2ccc3ccc4cccnc4c3n2)c1. The number of hydrogen-bond acceptors (Lipinski definition) is 2. The molecule has 0 radical (unpaired) electrons. The fourth-order valence-electron chi connectivity index (χ4n) is 3.01. The predicted octanol–water partition coefficient (Wildman–Crippen LogP) is 5.07. The van der Waals surface area contributed by atoms with Crippen LogP contribution < -0.4 is 0 Å². The van der Waals surface area contributed by atoms with Crippen LogP contribution in [0, 0.1) is 13.8 Å². The number of pyridine rings is 2. The Balaban J connectivity index is 2.01. The lowest BCUT2D eigenvalue weighted by Gasteiger charge is -2.07. The van der Waals surface area contributed by atoms with E-state index in [0.717, 1.165) is 33.1 Å². The van der Waals surface area contributed by atoms with Crippen LogP contribution in [0.3, 0.4) is 0 Å². The Labute approximate surface area is 129 Å². The van der Waals surface area contributed by atoms with Gasteiger partial charge in [0.05, 0.1) is 16.7 Å². The molecule has 0 fully saturated rings. The molecule has 2 aromatic carbocycles. The van der Waals surface area contributed by atoms with Gasteiger partial charge in [0.1, 0.15) is 0 Å². The zero-order valence-electron chi connectivity index (χ0n) is 12.7. The number of fused-ring (bicyclic) bond motifs is 3. The van der Waals surface area contributed by atoms with E-state index in [2.05, 4.69) is 67.4 Å². The molecular weight excluding hydrogens is 268 g/mol. The van der Waals surface area contributed by atoms with E-state index < -0.39 is 0 Å².